The van der Waals surface area contributed by atoms with Crippen LogP contribution in [0.15, 0.2) is 18.2 Å². The van der Waals surface area contributed by atoms with E-state index in [9.17, 15) is 0 Å². The molecule has 0 aliphatic heterocycles. The normalized spacial score (nSPS) is 25.4. The maximum atomic E-state index is 6.13. The predicted octanol–water partition coefficient (Wildman–Crippen LogP) is 2.99. The SMILES string of the molecule is Cc1ccc(N[C@H]2CCCC[C@H]2N)cc1C. The molecule has 1 aliphatic carbocycles. The van der Waals surface area contributed by atoms with E-state index in [1.165, 1.54) is 36.1 Å². The van der Waals surface area contributed by atoms with Gasteiger partial charge in [0, 0.05) is 17.8 Å². The van der Waals surface area contributed by atoms with Crippen molar-refractivity contribution >= 4 is 5.69 Å². The van der Waals surface area contributed by atoms with Crippen LogP contribution in [-0.4, -0.2) is 12.1 Å². The molecule has 1 aliphatic rings. The minimum atomic E-state index is 0.315. The van der Waals surface area contributed by atoms with Gasteiger partial charge >= 0.3 is 0 Å². The van der Waals surface area contributed by atoms with Crippen molar-refractivity contribution in [3.8, 4) is 0 Å². The van der Waals surface area contributed by atoms with Gasteiger partial charge in [0.15, 0.2) is 0 Å². The Morgan fingerprint density at radius 3 is 2.56 bits per heavy atom. The van der Waals surface area contributed by atoms with Crippen molar-refractivity contribution in [2.45, 2.75) is 51.6 Å². The minimum Gasteiger partial charge on any atom is -0.381 e. The third-order valence-corrected chi connectivity index (χ3v) is 3.68. The highest BCUT2D eigenvalue weighted by Gasteiger charge is 2.21. The lowest BCUT2D eigenvalue weighted by atomic mass is 9.91. The van der Waals surface area contributed by atoms with Crippen LogP contribution in [0.1, 0.15) is 36.8 Å². The van der Waals surface area contributed by atoms with E-state index in [1.54, 1.807) is 0 Å². The van der Waals surface area contributed by atoms with E-state index in [-0.39, 0.29) is 0 Å². The summed E-state index contributed by atoms with van der Waals surface area (Å²) in [5, 5.41) is 3.57. The van der Waals surface area contributed by atoms with Crippen LogP contribution in [0.5, 0.6) is 0 Å². The number of benzene rings is 1. The monoisotopic (exact) mass is 218 g/mol. The smallest absolute Gasteiger partial charge is 0.0412 e. The maximum absolute atomic E-state index is 6.13. The third kappa shape index (κ3) is 2.56. The van der Waals surface area contributed by atoms with Crippen LogP contribution in [0.2, 0.25) is 0 Å². The van der Waals surface area contributed by atoms with Crippen molar-refractivity contribution in [1.82, 2.24) is 0 Å². The second-order valence-electron chi connectivity index (χ2n) is 5.00. The van der Waals surface area contributed by atoms with Gasteiger partial charge in [0.2, 0.25) is 0 Å². The van der Waals surface area contributed by atoms with Gasteiger partial charge in [-0.25, -0.2) is 0 Å². The highest BCUT2D eigenvalue weighted by atomic mass is 15.0. The zero-order chi connectivity index (χ0) is 11.5. The van der Waals surface area contributed by atoms with Gasteiger partial charge in [-0.2, -0.15) is 0 Å². The van der Waals surface area contributed by atoms with Gasteiger partial charge in [-0.1, -0.05) is 18.9 Å². The van der Waals surface area contributed by atoms with Crippen molar-refractivity contribution in [3.63, 3.8) is 0 Å². The standard InChI is InChI=1S/C14H22N2/c1-10-7-8-12(9-11(10)2)16-14-6-4-3-5-13(14)15/h7-9,13-14,16H,3-6,15H2,1-2H3/t13-,14+/m1/s1. The largest absolute Gasteiger partial charge is 0.381 e. The second kappa shape index (κ2) is 4.88. The van der Waals surface area contributed by atoms with Gasteiger partial charge in [-0.15, -0.1) is 0 Å². The molecular formula is C14H22N2. The zero-order valence-corrected chi connectivity index (χ0v) is 10.3. The molecule has 1 aromatic rings. The molecule has 0 spiro atoms. The quantitative estimate of drug-likeness (QED) is 0.801. The van der Waals surface area contributed by atoms with E-state index < -0.39 is 0 Å². The molecular weight excluding hydrogens is 196 g/mol. The summed E-state index contributed by atoms with van der Waals surface area (Å²) in [5.74, 6) is 0. The average Bonchev–Trinajstić information content (AvgIpc) is 2.27. The highest BCUT2D eigenvalue weighted by molar-refractivity contribution is 5.49. The van der Waals surface area contributed by atoms with E-state index in [0.717, 1.165) is 6.42 Å². The third-order valence-electron chi connectivity index (χ3n) is 3.68. The molecule has 0 amide bonds. The summed E-state index contributed by atoms with van der Waals surface area (Å²) in [5.41, 5.74) is 10.0. The Hall–Kier alpha value is -1.02. The van der Waals surface area contributed by atoms with Gasteiger partial charge in [0.1, 0.15) is 0 Å². The molecule has 0 aromatic heterocycles. The summed E-state index contributed by atoms with van der Waals surface area (Å²) >= 11 is 0. The molecule has 88 valence electrons. The van der Waals surface area contributed by atoms with E-state index in [2.05, 4.69) is 37.4 Å². The number of hydrogen-bond donors (Lipinski definition) is 2. The van der Waals surface area contributed by atoms with Crippen LogP contribution in [0, 0.1) is 13.8 Å². The predicted molar refractivity (Wildman–Crippen MR) is 69.8 cm³/mol. The molecule has 0 bridgehead atoms. The Morgan fingerprint density at radius 1 is 1.12 bits per heavy atom. The Kier molecular flexibility index (Phi) is 3.49. The number of anilines is 1. The highest BCUT2D eigenvalue weighted by Crippen LogP contribution is 2.22. The fourth-order valence-electron chi connectivity index (χ4n) is 2.38. The van der Waals surface area contributed by atoms with Gasteiger partial charge in [0.05, 0.1) is 0 Å². The molecule has 16 heavy (non-hydrogen) atoms. The molecule has 2 nitrogen and oxygen atoms in total. The van der Waals surface area contributed by atoms with E-state index in [1.807, 2.05) is 0 Å². The first-order valence-corrected chi connectivity index (χ1v) is 6.26. The fourth-order valence-corrected chi connectivity index (χ4v) is 2.38. The second-order valence-corrected chi connectivity index (χ2v) is 5.00. The van der Waals surface area contributed by atoms with Crippen molar-refractivity contribution in [2.24, 2.45) is 5.73 Å². The van der Waals surface area contributed by atoms with Gasteiger partial charge < -0.3 is 11.1 Å². The van der Waals surface area contributed by atoms with Crippen LogP contribution in [-0.2, 0) is 0 Å². The Labute approximate surface area is 98.2 Å². The van der Waals surface area contributed by atoms with Crippen molar-refractivity contribution in [1.29, 1.82) is 0 Å². The summed E-state index contributed by atoms with van der Waals surface area (Å²) in [6.07, 6.45) is 4.94. The molecule has 2 heteroatoms. The lowest BCUT2D eigenvalue weighted by molar-refractivity contribution is 0.404. The molecule has 2 atom stereocenters. The zero-order valence-electron chi connectivity index (χ0n) is 10.3. The molecule has 0 unspecified atom stereocenters. The van der Waals surface area contributed by atoms with E-state index in [0.29, 0.717) is 12.1 Å². The Morgan fingerprint density at radius 2 is 1.88 bits per heavy atom. The van der Waals surface area contributed by atoms with Crippen LogP contribution in [0.25, 0.3) is 0 Å². The molecule has 2 rings (SSSR count). The molecule has 1 saturated carbocycles. The first-order valence-electron chi connectivity index (χ1n) is 6.26. The van der Waals surface area contributed by atoms with Crippen LogP contribution in [0.4, 0.5) is 5.69 Å². The molecule has 0 radical (unpaired) electrons. The van der Waals surface area contributed by atoms with Crippen molar-refractivity contribution in [3.05, 3.63) is 29.3 Å². The minimum absolute atomic E-state index is 0.315. The van der Waals surface area contributed by atoms with E-state index in [4.69, 9.17) is 5.73 Å². The summed E-state index contributed by atoms with van der Waals surface area (Å²) < 4.78 is 0. The summed E-state index contributed by atoms with van der Waals surface area (Å²) in [6, 6.07) is 7.32. The molecule has 0 heterocycles. The fraction of sp³-hybridized carbons (Fsp3) is 0.571. The first kappa shape index (κ1) is 11.5. The van der Waals surface area contributed by atoms with Crippen LogP contribution in [0.3, 0.4) is 0 Å². The van der Waals surface area contributed by atoms with Crippen molar-refractivity contribution in [2.75, 3.05) is 5.32 Å². The summed E-state index contributed by atoms with van der Waals surface area (Å²) in [6.45, 7) is 4.30. The Balaban J connectivity index is 2.05. The lowest BCUT2D eigenvalue weighted by Crippen LogP contribution is -2.42. The van der Waals surface area contributed by atoms with Gasteiger partial charge in [0.25, 0.3) is 0 Å². The number of nitrogens with one attached hydrogen (secondary N) is 1. The molecule has 0 saturated heterocycles. The number of aryl methyl sites for hydroxylation is 2. The molecule has 1 fully saturated rings. The van der Waals surface area contributed by atoms with Crippen LogP contribution >= 0.6 is 0 Å². The van der Waals surface area contributed by atoms with Crippen molar-refractivity contribution < 1.29 is 0 Å². The number of rotatable bonds is 2. The summed E-state index contributed by atoms with van der Waals surface area (Å²) in [7, 11) is 0. The first-order chi connectivity index (χ1) is 7.66. The molecule has 1 aromatic carbocycles. The summed E-state index contributed by atoms with van der Waals surface area (Å²) in [4.78, 5) is 0. The van der Waals surface area contributed by atoms with Gasteiger partial charge in [-0.05, 0) is 49.9 Å². The maximum Gasteiger partial charge on any atom is 0.0412 e. The number of nitrogens with two attached hydrogens (primary N) is 1. The Bertz CT molecular complexity index is 360. The lowest BCUT2D eigenvalue weighted by Gasteiger charge is -2.30. The molecule has 3 N–H and O–H groups in total. The van der Waals surface area contributed by atoms with Gasteiger partial charge in [-0.3, -0.25) is 0 Å². The topological polar surface area (TPSA) is 38.0 Å². The number of hydrogen-bond acceptors (Lipinski definition) is 2. The van der Waals surface area contributed by atoms with Crippen LogP contribution < -0.4 is 11.1 Å². The average molecular weight is 218 g/mol. The van der Waals surface area contributed by atoms with E-state index >= 15 is 0 Å².